The Morgan fingerprint density at radius 2 is 1.81 bits per heavy atom. The molecule has 1 saturated carbocycles. The highest BCUT2D eigenvalue weighted by Gasteiger charge is 2.33. The summed E-state index contributed by atoms with van der Waals surface area (Å²) in [5.74, 6) is 0.150. The molecule has 3 rings (SSSR count). The minimum Gasteiger partial charge on any atom is -0.340 e. The van der Waals surface area contributed by atoms with Crippen molar-refractivity contribution in [3.05, 3.63) is 35.9 Å². The van der Waals surface area contributed by atoms with Gasteiger partial charge in [0.1, 0.15) is 0 Å². The van der Waals surface area contributed by atoms with E-state index in [1.54, 1.807) is 0 Å². The summed E-state index contributed by atoms with van der Waals surface area (Å²) in [4.78, 5) is 17.2. The van der Waals surface area contributed by atoms with Gasteiger partial charge >= 0.3 is 0 Å². The Morgan fingerprint density at radius 3 is 2.38 bits per heavy atom. The Morgan fingerprint density at radius 1 is 1.14 bits per heavy atom. The molecule has 1 atom stereocenters. The Hall–Kier alpha value is -1.39. The maximum absolute atomic E-state index is 12.7. The molecular weight excluding hydrogens is 262 g/mol. The zero-order chi connectivity index (χ0) is 14.7. The van der Waals surface area contributed by atoms with Gasteiger partial charge in [-0.3, -0.25) is 9.69 Å². The second kappa shape index (κ2) is 6.58. The lowest BCUT2D eigenvalue weighted by atomic mass is 9.97. The predicted molar refractivity (Wildman–Crippen MR) is 83.9 cm³/mol. The zero-order valence-electron chi connectivity index (χ0n) is 12.6. The van der Waals surface area contributed by atoms with Gasteiger partial charge in [0.15, 0.2) is 0 Å². The number of benzene rings is 1. The van der Waals surface area contributed by atoms with Crippen molar-refractivity contribution in [3.8, 4) is 0 Å². The number of carbonyl (C=O) groups is 1. The maximum Gasteiger partial charge on any atom is 0.227 e. The lowest BCUT2D eigenvalue weighted by Crippen LogP contribution is -2.51. The van der Waals surface area contributed by atoms with Crippen LogP contribution in [0.15, 0.2) is 30.3 Å². The molecule has 0 bridgehead atoms. The summed E-state index contributed by atoms with van der Waals surface area (Å²) in [6.45, 7) is 4.20. The first-order valence-electron chi connectivity index (χ1n) is 8.04. The monoisotopic (exact) mass is 287 g/mol. The van der Waals surface area contributed by atoms with Crippen molar-refractivity contribution in [1.29, 1.82) is 0 Å². The first kappa shape index (κ1) is 14.5. The van der Waals surface area contributed by atoms with E-state index < -0.39 is 0 Å². The van der Waals surface area contributed by atoms with Gasteiger partial charge in [-0.2, -0.15) is 0 Å². The summed E-state index contributed by atoms with van der Waals surface area (Å²) in [6.07, 6.45) is 3.43. The van der Waals surface area contributed by atoms with Crippen molar-refractivity contribution in [3.63, 3.8) is 0 Å². The number of hydrogen-bond acceptors (Lipinski definition) is 3. The summed E-state index contributed by atoms with van der Waals surface area (Å²) in [5.41, 5.74) is 7.05. The van der Waals surface area contributed by atoms with E-state index in [1.807, 2.05) is 23.1 Å². The lowest BCUT2D eigenvalue weighted by Gasteiger charge is -2.36. The van der Waals surface area contributed by atoms with Crippen LogP contribution >= 0.6 is 0 Å². The van der Waals surface area contributed by atoms with Crippen molar-refractivity contribution in [2.75, 3.05) is 32.7 Å². The molecular formula is C17H25N3O. The summed E-state index contributed by atoms with van der Waals surface area (Å²) < 4.78 is 0. The Labute approximate surface area is 126 Å². The number of amides is 1. The summed E-state index contributed by atoms with van der Waals surface area (Å²) >= 11 is 0. The number of nitrogens with two attached hydrogens (primary N) is 1. The molecule has 2 N–H and O–H groups in total. The van der Waals surface area contributed by atoms with E-state index in [1.165, 1.54) is 18.4 Å². The fraction of sp³-hybridized carbons (Fsp3) is 0.588. The van der Waals surface area contributed by atoms with Crippen LogP contribution in [0.2, 0.25) is 0 Å². The molecule has 1 unspecified atom stereocenters. The molecule has 1 aromatic rings. The van der Waals surface area contributed by atoms with Crippen LogP contribution in [0.4, 0.5) is 0 Å². The van der Waals surface area contributed by atoms with E-state index in [-0.39, 0.29) is 11.8 Å². The second-order valence-electron chi connectivity index (χ2n) is 6.21. The number of nitrogens with zero attached hydrogens (tertiary/aromatic N) is 2. The van der Waals surface area contributed by atoms with Crippen LogP contribution in [0.5, 0.6) is 0 Å². The van der Waals surface area contributed by atoms with Crippen LogP contribution in [0.1, 0.15) is 18.4 Å². The molecule has 0 radical (unpaired) electrons. The topological polar surface area (TPSA) is 49.6 Å². The summed E-state index contributed by atoms with van der Waals surface area (Å²) in [5, 5.41) is 0. The fourth-order valence-electron chi connectivity index (χ4n) is 3.18. The van der Waals surface area contributed by atoms with Gasteiger partial charge in [-0.25, -0.2) is 0 Å². The van der Waals surface area contributed by atoms with Crippen molar-refractivity contribution >= 4 is 5.91 Å². The second-order valence-corrected chi connectivity index (χ2v) is 6.21. The van der Waals surface area contributed by atoms with Gasteiger partial charge in [-0.15, -0.1) is 0 Å². The van der Waals surface area contributed by atoms with Crippen LogP contribution < -0.4 is 5.73 Å². The molecule has 4 nitrogen and oxygen atoms in total. The largest absolute Gasteiger partial charge is 0.340 e. The van der Waals surface area contributed by atoms with E-state index in [4.69, 9.17) is 5.73 Å². The van der Waals surface area contributed by atoms with Crippen molar-refractivity contribution < 1.29 is 4.79 Å². The molecule has 0 spiro atoms. The molecule has 1 aromatic carbocycles. The van der Waals surface area contributed by atoms with Gasteiger partial charge in [0, 0.05) is 38.8 Å². The molecule has 1 heterocycles. The van der Waals surface area contributed by atoms with Gasteiger partial charge in [0.2, 0.25) is 5.91 Å². The fourth-order valence-corrected chi connectivity index (χ4v) is 3.18. The van der Waals surface area contributed by atoms with Crippen LogP contribution in [-0.4, -0.2) is 54.5 Å². The molecule has 114 valence electrons. The smallest absolute Gasteiger partial charge is 0.227 e. The first-order valence-corrected chi connectivity index (χ1v) is 8.04. The number of rotatable bonds is 5. The van der Waals surface area contributed by atoms with Crippen molar-refractivity contribution in [2.45, 2.75) is 25.3 Å². The van der Waals surface area contributed by atoms with E-state index in [0.717, 1.165) is 38.6 Å². The number of carbonyl (C=O) groups excluding carboxylic acids is 1. The number of piperazine rings is 1. The predicted octanol–water partition coefficient (Wildman–Crippen LogP) is 1.11. The Bertz CT molecular complexity index is 464. The SMILES string of the molecule is NCC(Cc1ccccc1)C(=O)N1CCN(C2CC2)CC1. The normalized spacial score (nSPS) is 21.3. The van der Waals surface area contributed by atoms with E-state index in [2.05, 4.69) is 17.0 Å². The Balaban J connectivity index is 1.55. The molecule has 2 aliphatic rings. The third-order valence-corrected chi connectivity index (χ3v) is 4.65. The molecule has 2 fully saturated rings. The van der Waals surface area contributed by atoms with Gasteiger partial charge in [0.25, 0.3) is 0 Å². The number of hydrogen-bond donors (Lipinski definition) is 1. The molecule has 4 heteroatoms. The summed E-state index contributed by atoms with van der Waals surface area (Å²) in [6, 6.07) is 11.0. The van der Waals surface area contributed by atoms with Gasteiger partial charge < -0.3 is 10.6 Å². The average Bonchev–Trinajstić information content (AvgIpc) is 3.38. The lowest BCUT2D eigenvalue weighted by molar-refractivity contribution is -0.137. The molecule has 0 aromatic heterocycles. The van der Waals surface area contributed by atoms with E-state index in [9.17, 15) is 4.79 Å². The average molecular weight is 287 g/mol. The highest BCUT2D eigenvalue weighted by Crippen LogP contribution is 2.27. The van der Waals surface area contributed by atoms with E-state index in [0.29, 0.717) is 6.54 Å². The zero-order valence-corrected chi connectivity index (χ0v) is 12.6. The summed E-state index contributed by atoms with van der Waals surface area (Å²) in [7, 11) is 0. The quantitative estimate of drug-likeness (QED) is 0.882. The van der Waals surface area contributed by atoms with Crippen LogP contribution in [0, 0.1) is 5.92 Å². The highest BCUT2D eigenvalue weighted by molar-refractivity contribution is 5.79. The molecule has 1 amide bonds. The standard InChI is InChI=1S/C17H25N3O/c18-13-15(12-14-4-2-1-3-5-14)17(21)20-10-8-19(9-11-20)16-6-7-16/h1-5,15-16H,6-13,18H2. The minimum absolute atomic E-state index is 0.0834. The van der Waals surface area contributed by atoms with E-state index >= 15 is 0 Å². The van der Waals surface area contributed by atoms with Gasteiger partial charge in [-0.05, 0) is 24.8 Å². The van der Waals surface area contributed by atoms with Gasteiger partial charge in [0.05, 0.1) is 5.92 Å². The van der Waals surface area contributed by atoms with Crippen LogP contribution in [0.25, 0.3) is 0 Å². The third-order valence-electron chi connectivity index (χ3n) is 4.65. The van der Waals surface area contributed by atoms with Crippen LogP contribution in [-0.2, 0) is 11.2 Å². The highest BCUT2D eigenvalue weighted by atomic mass is 16.2. The third kappa shape index (κ3) is 3.63. The molecule has 21 heavy (non-hydrogen) atoms. The maximum atomic E-state index is 12.7. The minimum atomic E-state index is -0.0834. The van der Waals surface area contributed by atoms with Crippen LogP contribution in [0.3, 0.4) is 0 Å². The Kier molecular flexibility index (Phi) is 4.56. The molecule has 1 aliphatic heterocycles. The van der Waals surface area contributed by atoms with Gasteiger partial charge in [-0.1, -0.05) is 30.3 Å². The molecule has 1 saturated heterocycles. The van der Waals surface area contributed by atoms with Crippen molar-refractivity contribution in [2.24, 2.45) is 11.7 Å². The van der Waals surface area contributed by atoms with Crippen molar-refractivity contribution in [1.82, 2.24) is 9.80 Å². The first-order chi connectivity index (χ1) is 10.3. The molecule has 1 aliphatic carbocycles.